The van der Waals surface area contributed by atoms with E-state index in [1.165, 1.54) is 0 Å². The van der Waals surface area contributed by atoms with Crippen LogP contribution in [0.3, 0.4) is 0 Å². The highest BCUT2D eigenvalue weighted by molar-refractivity contribution is 5.96. The standard InChI is InChI=1S/C20H19N7O/c28-20(25-6-3-17(12-25)26-7-5-22-13-26)16-8-18-19(23-10-16)27(14-24-18)11-15-2-1-4-21-9-15/h1-2,4-5,7-10,13-14,17H,3,6,11-12H2. The van der Waals surface area contributed by atoms with Gasteiger partial charge in [0.15, 0.2) is 5.65 Å². The van der Waals surface area contributed by atoms with Crippen LogP contribution in [0.1, 0.15) is 28.4 Å². The van der Waals surface area contributed by atoms with Gasteiger partial charge in [0.2, 0.25) is 0 Å². The predicted molar refractivity (Wildman–Crippen MR) is 103 cm³/mol. The molecule has 4 aromatic rings. The van der Waals surface area contributed by atoms with Gasteiger partial charge in [-0.15, -0.1) is 0 Å². The molecular formula is C20H19N7O. The molecule has 28 heavy (non-hydrogen) atoms. The van der Waals surface area contributed by atoms with Crippen molar-refractivity contribution in [2.75, 3.05) is 13.1 Å². The van der Waals surface area contributed by atoms with Gasteiger partial charge in [-0.05, 0) is 24.1 Å². The third-order valence-corrected chi connectivity index (χ3v) is 5.18. The Bertz CT molecular complexity index is 1100. The number of nitrogens with zero attached hydrogens (tertiary/aromatic N) is 7. The molecular weight excluding hydrogens is 354 g/mol. The van der Waals surface area contributed by atoms with Crippen molar-refractivity contribution in [3.63, 3.8) is 0 Å². The largest absolute Gasteiger partial charge is 0.336 e. The molecule has 1 unspecified atom stereocenters. The lowest BCUT2D eigenvalue weighted by atomic mass is 10.2. The van der Waals surface area contributed by atoms with E-state index in [2.05, 4.69) is 24.5 Å². The van der Waals surface area contributed by atoms with Crippen LogP contribution in [0.25, 0.3) is 11.2 Å². The van der Waals surface area contributed by atoms with E-state index in [1.54, 1.807) is 31.2 Å². The Morgan fingerprint density at radius 1 is 1.14 bits per heavy atom. The van der Waals surface area contributed by atoms with E-state index in [9.17, 15) is 4.79 Å². The molecule has 8 nitrogen and oxygen atoms in total. The number of likely N-dealkylation sites (tertiary alicyclic amines) is 1. The molecule has 0 bridgehead atoms. The van der Waals surface area contributed by atoms with Crippen molar-refractivity contribution in [3.05, 3.63) is 73.0 Å². The summed E-state index contributed by atoms with van der Waals surface area (Å²) in [7, 11) is 0. The number of amides is 1. The maximum Gasteiger partial charge on any atom is 0.255 e. The quantitative estimate of drug-likeness (QED) is 0.547. The number of imidazole rings is 2. The Labute approximate surface area is 161 Å². The zero-order valence-electron chi connectivity index (χ0n) is 15.2. The summed E-state index contributed by atoms with van der Waals surface area (Å²) >= 11 is 0. The minimum atomic E-state index is -0.00109. The SMILES string of the molecule is O=C(c1cnc2c(c1)ncn2Cc1cccnc1)N1CCC(n2ccnc2)C1. The Balaban J connectivity index is 1.35. The van der Waals surface area contributed by atoms with Crippen LogP contribution in [-0.4, -0.2) is 53.0 Å². The molecule has 1 fully saturated rings. The summed E-state index contributed by atoms with van der Waals surface area (Å²) in [5.74, 6) is -0.00109. The molecule has 1 saturated heterocycles. The molecule has 5 heterocycles. The van der Waals surface area contributed by atoms with E-state index in [1.807, 2.05) is 40.1 Å². The molecule has 1 amide bonds. The molecule has 0 saturated carbocycles. The van der Waals surface area contributed by atoms with E-state index in [4.69, 9.17) is 0 Å². The normalized spacial score (nSPS) is 16.7. The van der Waals surface area contributed by atoms with Gasteiger partial charge in [0.05, 0.1) is 30.8 Å². The number of fused-ring (bicyclic) bond motifs is 1. The smallest absolute Gasteiger partial charge is 0.255 e. The van der Waals surface area contributed by atoms with Crippen molar-refractivity contribution in [1.29, 1.82) is 0 Å². The topological polar surface area (TPSA) is 81.7 Å². The average molecular weight is 373 g/mol. The van der Waals surface area contributed by atoms with Crippen LogP contribution in [0, 0.1) is 0 Å². The molecule has 0 aromatic carbocycles. The summed E-state index contributed by atoms with van der Waals surface area (Å²) in [6, 6.07) is 6.03. The minimum Gasteiger partial charge on any atom is -0.336 e. The van der Waals surface area contributed by atoms with Gasteiger partial charge < -0.3 is 14.0 Å². The van der Waals surface area contributed by atoms with Crippen LogP contribution in [0.15, 0.2) is 61.8 Å². The first-order chi connectivity index (χ1) is 13.8. The highest BCUT2D eigenvalue weighted by atomic mass is 16.2. The molecule has 5 rings (SSSR count). The van der Waals surface area contributed by atoms with E-state index in [0.29, 0.717) is 18.7 Å². The van der Waals surface area contributed by atoms with Crippen LogP contribution in [0.5, 0.6) is 0 Å². The second-order valence-electron chi connectivity index (χ2n) is 7.00. The zero-order chi connectivity index (χ0) is 18.9. The second kappa shape index (κ2) is 6.88. The Morgan fingerprint density at radius 3 is 2.93 bits per heavy atom. The first kappa shape index (κ1) is 16.6. The minimum absolute atomic E-state index is 0.00109. The van der Waals surface area contributed by atoms with Gasteiger partial charge in [0.1, 0.15) is 5.52 Å². The molecule has 1 atom stereocenters. The highest BCUT2D eigenvalue weighted by Gasteiger charge is 2.28. The van der Waals surface area contributed by atoms with E-state index < -0.39 is 0 Å². The maximum absolute atomic E-state index is 12.9. The Morgan fingerprint density at radius 2 is 2.11 bits per heavy atom. The number of aromatic nitrogens is 6. The lowest BCUT2D eigenvalue weighted by Gasteiger charge is -2.17. The van der Waals surface area contributed by atoms with Gasteiger partial charge in [-0.3, -0.25) is 9.78 Å². The fourth-order valence-corrected chi connectivity index (χ4v) is 3.71. The molecule has 4 aromatic heterocycles. The van der Waals surface area contributed by atoms with Gasteiger partial charge in [0, 0.05) is 44.1 Å². The fraction of sp³-hybridized carbons (Fsp3) is 0.250. The third kappa shape index (κ3) is 3.02. The first-order valence-corrected chi connectivity index (χ1v) is 9.24. The number of hydrogen-bond donors (Lipinski definition) is 0. The summed E-state index contributed by atoms with van der Waals surface area (Å²) in [4.78, 5) is 32.0. The van der Waals surface area contributed by atoms with Crippen molar-refractivity contribution >= 4 is 17.1 Å². The summed E-state index contributed by atoms with van der Waals surface area (Å²) in [6.07, 6.45) is 13.4. The number of carbonyl (C=O) groups is 1. The van der Waals surface area contributed by atoms with Gasteiger partial charge >= 0.3 is 0 Å². The number of rotatable bonds is 4. The van der Waals surface area contributed by atoms with Crippen LogP contribution in [0.2, 0.25) is 0 Å². The lowest BCUT2D eigenvalue weighted by molar-refractivity contribution is 0.0787. The lowest BCUT2D eigenvalue weighted by Crippen LogP contribution is -2.29. The van der Waals surface area contributed by atoms with Crippen molar-refractivity contribution in [1.82, 2.24) is 34.0 Å². The molecule has 8 heteroatoms. The summed E-state index contributed by atoms with van der Waals surface area (Å²) in [5, 5.41) is 0. The highest BCUT2D eigenvalue weighted by Crippen LogP contribution is 2.23. The van der Waals surface area contributed by atoms with Crippen LogP contribution >= 0.6 is 0 Å². The molecule has 0 spiro atoms. The van der Waals surface area contributed by atoms with E-state index >= 15 is 0 Å². The number of hydrogen-bond acceptors (Lipinski definition) is 5. The molecule has 0 radical (unpaired) electrons. The molecule has 1 aliphatic rings. The zero-order valence-corrected chi connectivity index (χ0v) is 15.2. The monoisotopic (exact) mass is 373 g/mol. The summed E-state index contributed by atoms with van der Waals surface area (Å²) in [6.45, 7) is 2.06. The maximum atomic E-state index is 12.9. The average Bonchev–Trinajstić information content (AvgIpc) is 3.48. The third-order valence-electron chi connectivity index (χ3n) is 5.18. The van der Waals surface area contributed by atoms with Crippen molar-refractivity contribution < 1.29 is 4.79 Å². The van der Waals surface area contributed by atoms with Crippen LogP contribution in [0.4, 0.5) is 0 Å². The second-order valence-corrected chi connectivity index (χ2v) is 7.00. The van der Waals surface area contributed by atoms with Crippen molar-refractivity contribution in [3.8, 4) is 0 Å². The van der Waals surface area contributed by atoms with Crippen molar-refractivity contribution in [2.24, 2.45) is 0 Å². The molecule has 1 aliphatic heterocycles. The Kier molecular flexibility index (Phi) is 4.08. The van der Waals surface area contributed by atoms with Crippen LogP contribution in [-0.2, 0) is 6.54 Å². The van der Waals surface area contributed by atoms with Crippen LogP contribution < -0.4 is 0 Å². The Hall–Kier alpha value is -3.55. The predicted octanol–water partition coefficient (Wildman–Crippen LogP) is 2.16. The fourth-order valence-electron chi connectivity index (χ4n) is 3.71. The van der Waals surface area contributed by atoms with E-state index in [0.717, 1.165) is 29.7 Å². The first-order valence-electron chi connectivity index (χ1n) is 9.24. The van der Waals surface area contributed by atoms with Gasteiger partial charge in [0.25, 0.3) is 5.91 Å². The molecule has 0 aliphatic carbocycles. The number of pyridine rings is 2. The summed E-state index contributed by atoms with van der Waals surface area (Å²) < 4.78 is 4.03. The van der Waals surface area contributed by atoms with Gasteiger partial charge in [-0.2, -0.15) is 0 Å². The molecule has 0 N–H and O–H groups in total. The summed E-state index contributed by atoms with van der Waals surface area (Å²) in [5.41, 5.74) is 3.13. The molecule has 140 valence electrons. The number of carbonyl (C=O) groups excluding carboxylic acids is 1. The van der Waals surface area contributed by atoms with Gasteiger partial charge in [-0.1, -0.05) is 6.07 Å². The van der Waals surface area contributed by atoms with Crippen molar-refractivity contribution in [2.45, 2.75) is 19.0 Å². The van der Waals surface area contributed by atoms with E-state index in [-0.39, 0.29) is 11.9 Å². The van der Waals surface area contributed by atoms with Gasteiger partial charge in [-0.25, -0.2) is 15.0 Å².